The minimum atomic E-state index is -1.45. The summed E-state index contributed by atoms with van der Waals surface area (Å²) in [4.78, 5) is 10.6. The van der Waals surface area contributed by atoms with Crippen LogP contribution in [0.15, 0.2) is 24.3 Å². The zero-order chi connectivity index (χ0) is 11.8. The molecule has 1 aliphatic carbocycles. The van der Waals surface area contributed by atoms with E-state index in [0.29, 0.717) is 5.56 Å². The van der Waals surface area contributed by atoms with Crippen molar-refractivity contribution in [2.75, 3.05) is 7.11 Å². The highest BCUT2D eigenvalue weighted by atomic mass is 16.5. The number of rotatable bonds is 4. The lowest BCUT2D eigenvalue weighted by molar-refractivity contribution is -0.146. The molecule has 0 aromatic heterocycles. The fourth-order valence-electron chi connectivity index (χ4n) is 1.84. The molecule has 1 aromatic rings. The quantitative estimate of drug-likeness (QED) is 0.809. The Bertz CT molecular complexity index is 392. The Kier molecular flexibility index (Phi) is 2.69. The van der Waals surface area contributed by atoms with Gasteiger partial charge in [0.1, 0.15) is 0 Å². The Morgan fingerprint density at radius 3 is 2.31 bits per heavy atom. The minimum absolute atomic E-state index is 0.174. The van der Waals surface area contributed by atoms with Crippen LogP contribution in [0.5, 0.6) is 0 Å². The highest BCUT2D eigenvalue weighted by Gasteiger charge is 2.44. The maximum Gasteiger partial charge on any atom is 0.337 e. The molecule has 0 spiro atoms. The van der Waals surface area contributed by atoms with E-state index in [-0.39, 0.29) is 5.60 Å². The third-order valence-electron chi connectivity index (χ3n) is 3.08. The van der Waals surface area contributed by atoms with Crippen LogP contribution < -0.4 is 0 Å². The van der Waals surface area contributed by atoms with E-state index in [4.69, 9.17) is 9.84 Å². The molecule has 1 saturated carbocycles. The second kappa shape index (κ2) is 3.88. The van der Waals surface area contributed by atoms with Gasteiger partial charge in [-0.3, -0.25) is 0 Å². The van der Waals surface area contributed by atoms with Crippen molar-refractivity contribution in [3.8, 4) is 0 Å². The second-order valence-electron chi connectivity index (χ2n) is 4.06. The minimum Gasteiger partial charge on any atom is -0.479 e. The van der Waals surface area contributed by atoms with E-state index >= 15 is 0 Å². The summed E-state index contributed by atoms with van der Waals surface area (Å²) >= 11 is 0. The lowest BCUT2D eigenvalue weighted by atomic mass is 10.0. The van der Waals surface area contributed by atoms with Crippen molar-refractivity contribution in [2.24, 2.45) is 0 Å². The van der Waals surface area contributed by atoms with Gasteiger partial charge in [-0.05, 0) is 24.0 Å². The van der Waals surface area contributed by atoms with Crippen molar-refractivity contribution in [3.63, 3.8) is 0 Å². The normalized spacial score (nSPS) is 19.1. The summed E-state index contributed by atoms with van der Waals surface area (Å²) in [6, 6.07) is 6.90. The summed E-state index contributed by atoms with van der Waals surface area (Å²) in [6.07, 6.45) is 0.529. The predicted octanol–water partition coefficient (Wildman–Crippen LogP) is 1.44. The topological polar surface area (TPSA) is 66.8 Å². The molecule has 4 nitrogen and oxygen atoms in total. The van der Waals surface area contributed by atoms with Crippen LogP contribution in [-0.4, -0.2) is 23.3 Å². The van der Waals surface area contributed by atoms with Crippen molar-refractivity contribution in [3.05, 3.63) is 35.4 Å². The first kappa shape index (κ1) is 11.1. The second-order valence-corrected chi connectivity index (χ2v) is 4.06. The average molecular weight is 222 g/mol. The predicted molar refractivity (Wildman–Crippen MR) is 57.0 cm³/mol. The van der Waals surface area contributed by atoms with Gasteiger partial charge in [0.15, 0.2) is 6.10 Å². The molecule has 0 aliphatic heterocycles. The average Bonchev–Trinajstić information content (AvgIpc) is 3.09. The van der Waals surface area contributed by atoms with E-state index < -0.39 is 12.1 Å². The molecule has 1 aliphatic rings. The highest BCUT2D eigenvalue weighted by Crippen LogP contribution is 2.48. The van der Waals surface area contributed by atoms with Gasteiger partial charge >= 0.3 is 5.97 Å². The molecule has 0 amide bonds. The van der Waals surface area contributed by atoms with Crippen LogP contribution in [-0.2, 0) is 15.1 Å². The van der Waals surface area contributed by atoms with Crippen LogP contribution in [0.4, 0.5) is 0 Å². The first-order valence-electron chi connectivity index (χ1n) is 5.15. The summed E-state index contributed by atoms with van der Waals surface area (Å²) in [7, 11) is 1.67. The molecule has 2 rings (SSSR count). The summed E-state index contributed by atoms with van der Waals surface area (Å²) < 4.78 is 5.40. The maximum absolute atomic E-state index is 10.6. The van der Waals surface area contributed by atoms with E-state index in [0.717, 1.165) is 18.4 Å². The van der Waals surface area contributed by atoms with Gasteiger partial charge in [0.2, 0.25) is 0 Å². The SMILES string of the molecule is COC1(c2ccc(C(O)C(=O)O)cc2)CC1. The number of benzene rings is 1. The Labute approximate surface area is 93.5 Å². The number of aliphatic carboxylic acids is 1. The van der Waals surface area contributed by atoms with Gasteiger partial charge < -0.3 is 14.9 Å². The molecule has 1 atom stereocenters. The van der Waals surface area contributed by atoms with E-state index in [1.165, 1.54) is 0 Å². The Hall–Kier alpha value is -1.39. The Morgan fingerprint density at radius 1 is 1.38 bits per heavy atom. The number of aliphatic hydroxyl groups is 1. The molecule has 86 valence electrons. The van der Waals surface area contributed by atoms with Crippen LogP contribution in [0.2, 0.25) is 0 Å². The van der Waals surface area contributed by atoms with E-state index in [2.05, 4.69) is 0 Å². The number of carboxylic acid groups (broad SMARTS) is 1. The van der Waals surface area contributed by atoms with Crippen molar-refractivity contribution in [2.45, 2.75) is 24.5 Å². The molecule has 1 fully saturated rings. The molecule has 2 N–H and O–H groups in total. The van der Waals surface area contributed by atoms with Gasteiger partial charge in [0.25, 0.3) is 0 Å². The maximum atomic E-state index is 10.6. The Balaban J connectivity index is 2.20. The summed E-state index contributed by atoms with van der Waals surface area (Å²) in [5, 5.41) is 18.0. The van der Waals surface area contributed by atoms with Crippen LogP contribution >= 0.6 is 0 Å². The van der Waals surface area contributed by atoms with Crippen molar-refractivity contribution < 1.29 is 19.7 Å². The standard InChI is InChI=1S/C12H14O4/c1-16-12(6-7-12)9-4-2-8(3-5-9)10(13)11(14)15/h2-5,10,13H,6-7H2,1H3,(H,14,15). The molecule has 1 aromatic carbocycles. The number of ether oxygens (including phenoxy) is 1. The van der Waals surface area contributed by atoms with Crippen molar-refractivity contribution in [1.29, 1.82) is 0 Å². The summed E-state index contributed by atoms with van der Waals surface area (Å²) in [6.45, 7) is 0. The summed E-state index contributed by atoms with van der Waals surface area (Å²) in [5.74, 6) is -1.24. The number of methoxy groups -OCH3 is 1. The molecule has 16 heavy (non-hydrogen) atoms. The smallest absolute Gasteiger partial charge is 0.337 e. The van der Waals surface area contributed by atoms with Crippen LogP contribution in [0.1, 0.15) is 30.1 Å². The fourth-order valence-corrected chi connectivity index (χ4v) is 1.84. The number of hydrogen-bond acceptors (Lipinski definition) is 3. The third-order valence-corrected chi connectivity index (χ3v) is 3.08. The fraction of sp³-hybridized carbons (Fsp3) is 0.417. The zero-order valence-electron chi connectivity index (χ0n) is 9.01. The number of aliphatic hydroxyl groups excluding tert-OH is 1. The monoisotopic (exact) mass is 222 g/mol. The van der Waals surface area contributed by atoms with Gasteiger partial charge in [0.05, 0.1) is 5.60 Å². The summed E-state index contributed by atoms with van der Waals surface area (Å²) in [5.41, 5.74) is 1.26. The lowest BCUT2D eigenvalue weighted by Gasteiger charge is -2.14. The van der Waals surface area contributed by atoms with Crippen molar-refractivity contribution in [1.82, 2.24) is 0 Å². The zero-order valence-corrected chi connectivity index (χ0v) is 9.01. The van der Waals surface area contributed by atoms with Gasteiger partial charge in [0, 0.05) is 7.11 Å². The number of hydrogen-bond donors (Lipinski definition) is 2. The van der Waals surface area contributed by atoms with Crippen LogP contribution in [0.3, 0.4) is 0 Å². The first-order valence-corrected chi connectivity index (χ1v) is 5.15. The van der Waals surface area contributed by atoms with Crippen LogP contribution in [0.25, 0.3) is 0 Å². The Morgan fingerprint density at radius 2 is 1.94 bits per heavy atom. The first-order chi connectivity index (χ1) is 7.59. The molecular formula is C12H14O4. The van der Waals surface area contributed by atoms with E-state index in [1.54, 1.807) is 19.2 Å². The van der Waals surface area contributed by atoms with Crippen LogP contribution in [0, 0.1) is 0 Å². The van der Waals surface area contributed by atoms with Gasteiger partial charge in [-0.2, -0.15) is 0 Å². The van der Waals surface area contributed by atoms with Gasteiger partial charge in [-0.25, -0.2) is 4.79 Å². The molecular weight excluding hydrogens is 208 g/mol. The molecule has 0 saturated heterocycles. The van der Waals surface area contributed by atoms with Crippen molar-refractivity contribution >= 4 is 5.97 Å². The van der Waals surface area contributed by atoms with E-state index in [9.17, 15) is 9.90 Å². The van der Waals surface area contributed by atoms with E-state index in [1.807, 2.05) is 12.1 Å². The largest absolute Gasteiger partial charge is 0.479 e. The van der Waals surface area contributed by atoms with Gasteiger partial charge in [-0.15, -0.1) is 0 Å². The number of carboxylic acids is 1. The molecule has 0 bridgehead atoms. The number of carbonyl (C=O) groups is 1. The lowest BCUT2D eigenvalue weighted by Crippen LogP contribution is -2.12. The molecule has 0 heterocycles. The molecule has 4 heteroatoms. The van der Waals surface area contributed by atoms with Gasteiger partial charge in [-0.1, -0.05) is 24.3 Å². The highest BCUT2D eigenvalue weighted by molar-refractivity contribution is 5.74. The molecule has 0 radical (unpaired) electrons. The molecule has 1 unspecified atom stereocenters. The third kappa shape index (κ3) is 1.81.